The van der Waals surface area contributed by atoms with Gasteiger partial charge in [-0.1, -0.05) is 201 Å². The molecule has 0 saturated heterocycles. The third-order valence-electron chi connectivity index (χ3n) is 17.2. The van der Waals surface area contributed by atoms with E-state index in [0.29, 0.717) is 5.92 Å². The third kappa shape index (κ3) is 8.11. The van der Waals surface area contributed by atoms with Crippen LogP contribution in [0.2, 0.25) is 0 Å². The summed E-state index contributed by atoms with van der Waals surface area (Å²) in [4.78, 5) is 4.84. The van der Waals surface area contributed by atoms with E-state index >= 15 is 0 Å². The van der Waals surface area contributed by atoms with Gasteiger partial charge in [0.25, 0.3) is 0 Å². The number of anilines is 6. The van der Waals surface area contributed by atoms with E-state index < -0.39 is 0 Å². The van der Waals surface area contributed by atoms with Crippen LogP contribution < -0.4 is 9.80 Å². The smallest absolute Gasteiger partial charge is 0.159 e. The zero-order chi connectivity index (χ0) is 53.3. The quantitative estimate of drug-likeness (QED) is 0.139. The van der Waals surface area contributed by atoms with Gasteiger partial charge in [0.2, 0.25) is 0 Å². The van der Waals surface area contributed by atoms with Gasteiger partial charge in [0.1, 0.15) is 11.3 Å². The van der Waals surface area contributed by atoms with Crippen molar-refractivity contribution in [2.24, 2.45) is 0 Å². The highest BCUT2D eigenvalue weighted by Gasteiger charge is 2.30. The fourth-order valence-corrected chi connectivity index (χ4v) is 13.4. The van der Waals surface area contributed by atoms with Gasteiger partial charge >= 0.3 is 0 Å². The van der Waals surface area contributed by atoms with Crippen LogP contribution in [0.5, 0.6) is 5.75 Å². The summed E-state index contributed by atoms with van der Waals surface area (Å²) in [5.74, 6) is 0.638. The van der Waals surface area contributed by atoms with E-state index in [1.807, 2.05) is 0 Å². The zero-order valence-electron chi connectivity index (χ0n) is 45.4. The summed E-state index contributed by atoms with van der Waals surface area (Å²) in [6, 6.07) is 68.5. The molecule has 14 rings (SSSR count). The minimum atomic E-state index is 0.249. The number of fused-ring (bicyclic) bond motifs is 3. The molecule has 2 aliphatic carbocycles. The number of nitrogens with zero attached hydrogens (tertiary/aromatic N) is 2. The van der Waals surface area contributed by atoms with Crippen molar-refractivity contribution in [1.82, 2.24) is 0 Å². The Bertz CT molecular complexity index is 4450. The molecule has 4 heteroatoms. The maximum atomic E-state index is 13.1. The molecule has 1 heterocycles. The van der Waals surface area contributed by atoms with Gasteiger partial charge < -0.3 is 19.3 Å². The Balaban J connectivity index is 1.03. The SMILES string of the molecule is Cc1ccccc1-c1cccc(-c2cccc(N(c3c(C)cccc3C)c3cc(C4CCCCC4)c4ccc5c(N(c6ccccc6C)c6cccc7c6oc6c(C8=CC=CCC=C8)cccc67)ccc6ccc3c4c65)c2O)c1. The lowest BCUT2D eigenvalue weighted by molar-refractivity contribution is 0.445. The Labute approximate surface area is 462 Å². The van der Waals surface area contributed by atoms with E-state index in [1.165, 1.54) is 57.5 Å². The lowest BCUT2D eigenvalue weighted by Crippen LogP contribution is -2.15. The van der Waals surface area contributed by atoms with Crippen molar-refractivity contribution in [1.29, 1.82) is 0 Å². The second kappa shape index (κ2) is 19.7. The molecular formula is C75H62N2O2. The minimum absolute atomic E-state index is 0.249. The van der Waals surface area contributed by atoms with E-state index in [2.05, 4.69) is 256 Å². The summed E-state index contributed by atoms with van der Waals surface area (Å²) < 4.78 is 7.24. The van der Waals surface area contributed by atoms with Crippen LogP contribution in [0.1, 0.15) is 77.8 Å². The number of phenolic OH excluding ortho intramolecular Hbond substituents is 1. The number of allylic oxidation sites excluding steroid dienone is 6. The first-order valence-electron chi connectivity index (χ1n) is 28.2. The minimum Gasteiger partial charge on any atom is -0.505 e. The number of benzene rings is 11. The fourth-order valence-electron chi connectivity index (χ4n) is 13.4. The van der Waals surface area contributed by atoms with Gasteiger partial charge in [0.05, 0.1) is 28.4 Å². The van der Waals surface area contributed by atoms with Gasteiger partial charge in [0.15, 0.2) is 5.58 Å². The molecule has 0 atom stereocenters. The molecule has 1 fully saturated rings. The number of rotatable bonds is 10. The lowest BCUT2D eigenvalue weighted by Gasteiger charge is -2.33. The van der Waals surface area contributed by atoms with Crippen LogP contribution >= 0.6 is 0 Å². The molecule has 0 amide bonds. The molecular weight excluding hydrogens is 961 g/mol. The van der Waals surface area contributed by atoms with Crippen molar-refractivity contribution in [2.75, 3.05) is 9.80 Å². The summed E-state index contributed by atoms with van der Waals surface area (Å²) in [5, 5.41) is 22.5. The molecule has 1 saturated carbocycles. The summed E-state index contributed by atoms with van der Waals surface area (Å²) in [5.41, 5.74) is 20.1. The van der Waals surface area contributed by atoms with Crippen LogP contribution in [-0.2, 0) is 0 Å². The van der Waals surface area contributed by atoms with E-state index in [-0.39, 0.29) is 5.75 Å². The van der Waals surface area contributed by atoms with Gasteiger partial charge in [-0.3, -0.25) is 0 Å². The summed E-state index contributed by atoms with van der Waals surface area (Å²) in [6.45, 7) is 8.79. The highest BCUT2D eigenvalue weighted by Crippen LogP contribution is 2.54. The fraction of sp³-hybridized carbons (Fsp3) is 0.147. The first kappa shape index (κ1) is 48.3. The molecule has 12 aromatic rings. The summed E-state index contributed by atoms with van der Waals surface area (Å²) in [7, 11) is 0. The Hall–Kier alpha value is -9.12. The molecule has 0 unspecified atom stereocenters. The Morgan fingerprint density at radius 2 is 1.06 bits per heavy atom. The van der Waals surface area contributed by atoms with E-state index in [9.17, 15) is 5.11 Å². The monoisotopic (exact) mass is 1020 g/mol. The predicted molar refractivity (Wildman–Crippen MR) is 335 cm³/mol. The molecule has 1 aromatic heterocycles. The van der Waals surface area contributed by atoms with E-state index in [1.54, 1.807) is 0 Å². The van der Waals surface area contributed by atoms with Crippen LogP contribution in [0.3, 0.4) is 0 Å². The number of hydrogen-bond acceptors (Lipinski definition) is 4. The molecule has 2 aliphatic rings. The Kier molecular flexibility index (Phi) is 12.0. The topological polar surface area (TPSA) is 39.9 Å². The second-order valence-electron chi connectivity index (χ2n) is 22.0. The number of aromatic hydroxyl groups is 1. The van der Waals surface area contributed by atoms with Crippen LogP contribution in [0, 0.1) is 27.7 Å². The van der Waals surface area contributed by atoms with Crippen molar-refractivity contribution in [3.63, 3.8) is 0 Å². The Morgan fingerprint density at radius 1 is 0.443 bits per heavy atom. The number of phenols is 1. The molecule has 1 N–H and O–H groups in total. The molecule has 0 aliphatic heterocycles. The molecule has 0 spiro atoms. The maximum Gasteiger partial charge on any atom is 0.159 e. The highest BCUT2D eigenvalue weighted by molar-refractivity contribution is 6.29. The van der Waals surface area contributed by atoms with Crippen LogP contribution in [-0.4, -0.2) is 5.11 Å². The number of hydrogen-bond donors (Lipinski definition) is 1. The summed E-state index contributed by atoms with van der Waals surface area (Å²) >= 11 is 0. The van der Waals surface area contributed by atoms with Crippen molar-refractivity contribution in [3.8, 4) is 28.0 Å². The first-order valence-corrected chi connectivity index (χ1v) is 28.2. The van der Waals surface area contributed by atoms with Gasteiger partial charge in [-0.15, -0.1) is 0 Å². The zero-order valence-corrected chi connectivity index (χ0v) is 45.4. The van der Waals surface area contributed by atoms with Gasteiger partial charge in [-0.05, 0) is 161 Å². The van der Waals surface area contributed by atoms with Crippen LogP contribution in [0.4, 0.5) is 34.1 Å². The molecule has 0 radical (unpaired) electrons. The average Bonchev–Trinajstić information content (AvgIpc) is 3.86. The number of para-hydroxylation sites is 5. The molecule has 384 valence electrons. The van der Waals surface area contributed by atoms with E-state index in [4.69, 9.17) is 4.42 Å². The van der Waals surface area contributed by atoms with Gasteiger partial charge in [0, 0.05) is 38.4 Å². The largest absolute Gasteiger partial charge is 0.505 e. The molecule has 0 bridgehead atoms. The van der Waals surface area contributed by atoms with Crippen molar-refractivity contribution in [2.45, 2.75) is 72.1 Å². The van der Waals surface area contributed by atoms with Crippen molar-refractivity contribution >= 4 is 94.0 Å². The summed E-state index contributed by atoms with van der Waals surface area (Å²) in [6.07, 6.45) is 17.8. The highest BCUT2D eigenvalue weighted by atomic mass is 16.3. The second-order valence-corrected chi connectivity index (χ2v) is 22.0. The van der Waals surface area contributed by atoms with Crippen LogP contribution in [0.25, 0.3) is 82.1 Å². The lowest BCUT2D eigenvalue weighted by atomic mass is 9.79. The third-order valence-corrected chi connectivity index (χ3v) is 17.2. The molecule has 4 nitrogen and oxygen atoms in total. The number of aryl methyl sites for hydroxylation is 4. The van der Waals surface area contributed by atoms with Crippen molar-refractivity contribution < 1.29 is 9.52 Å². The normalized spacial score (nSPS) is 14.0. The first-order chi connectivity index (χ1) is 38.8. The standard InChI is InChI=1S/C75H62N2O2/c1-47-21-12-14-31-56(47)54-29-17-30-55(45-54)57-32-19-37-67(73(57)78)77(72-49(3)23-16-24-50(72)4)69-46-64(52-27-10-7-11-28-52)59-42-43-62-66(44-40-53-39-41-63(69)71(59)70(53)62)76(65-36-15-13-22-48(65)2)68-38-20-35-61-60-34-18-33-58(74(60)79-75(61)68)51-25-8-5-6-9-26-51/h5,8-9,12-26,29-46,52,78H,6-7,10-11,27-28H2,1-4H3. The van der Waals surface area contributed by atoms with Gasteiger partial charge in [-0.2, -0.15) is 0 Å². The average molecular weight is 1020 g/mol. The molecule has 79 heavy (non-hydrogen) atoms. The van der Waals surface area contributed by atoms with Gasteiger partial charge in [-0.25, -0.2) is 0 Å². The molecule has 11 aromatic carbocycles. The predicted octanol–water partition coefficient (Wildman–Crippen LogP) is 21.6. The van der Waals surface area contributed by atoms with E-state index in [0.717, 1.165) is 131 Å². The van der Waals surface area contributed by atoms with Crippen molar-refractivity contribution in [3.05, 3.63) is 252 Å². The van der Waals surface area contributed by atoms with Crippen LogP contribution in [0.15, 0.2) is 223 Å². The number of furan rings is 1. The maximum absolute atomic E-state index is 13.1. The Morgan fingerprint density at radius 3 is 1.89 bits per heavy atom.